The van der Waals surface area contributed by atoms with Gasteiger partial charge < -0.3 is 15.1 Å². The summed E-state index contributed by atoms with van der Waals surface area (Å²) in [6.45, 7) is 4.79. The Hall–Kier alpha value is -2.04. The molecule has 1 saturated heterocycles. The molecule has 0 bridgehead atoms. The second-order valence-electron chi connectivity index (χ2n) is 7.75. The van der Waals surface area contributed by atoms with Gasteiger partial charge in [0.25, 0.3) is 0 Å². The lowest BCUT2D eigenvalue weighted by Gasteiger charge is -2.38. The van der Waals surface area contributed by atoms with Crippen LogP contribution in [0.5, 0.6) is 0 Å². The Morgan fingerprint density at radius 2 is 1.72 bits per heavy atom. The zero-order valence-electron chi connectivity index (χ0n) is 14.9. The Labute approximate surface area is 149 Å². The topological polar surface area (TPSA) is 52.7 Å². The third-order valence-corrected chi connectivity index (χ3v) is 6.11. The molecule has 1 aromatic rings. The summed E-state index contributed by atoms with van der Waals surface area (Å²) in [7, 11) is 0. The minimum atomic E-state index is 0.00398. The maximum atomic E-state index is 12.7. The number of piperazine rings is 1. The number of carbonyl (C=O) groups is 2. The minimum absolute atomic E-state index is 0.00398. The summed E-state index contributed by atoms with van der Waals surface area (Å²) < 4.78 is 0. The number of nitrogens with zero attached hydrogens (tertiary/aromatic N) is 2. The quantitative estimate of drug-likeness (QED) is 0.899. The summed E-state index contributed by atoms with van der Waals surface area (Å²) in [5.41, 5.74) is 2.60. The van der Waals surface area contributed by atoms with Crippen molar-refractivity contribution in [2.24, 2.45) is 11.8 Å². The van der Waals surface area contributed by atoms with Crippen LogP contribution >= 0.6 is 0 Å². The van der Waals surface area contributed by atoms with Crippen molar-refractivity contribution in [3.05, 3.63) is 35.4 Å². The fourth-order valence-corrected chi connectivity index (χ4v) is 4.28. The van der Waals surface area contributed by atoms with Gasteiger partial charge in [-0.05, 0) is 36.3 Å². The molecule has 4 rings (SSSR count). The van der Waals surface area contributed by atoms with Crippen molar-refractivity contribution >= 4 is 11.9 Å². The number of nitrogens with one attached hydrogen (secondary N) is 1. The van der Waals surface area contributed by atoms with Crippen LogP contribution in [-0.4, -0.2) is 47.9 Å². The first-order chi connectivity index (χ1) is 12.1. The molecule has 0 radical (unpaired) electrons. The molecular weight excluding hydrogens is 314 g/mol. The van der Waals surface area contributed by atoms with Gasteiger partial charge in [0, 0.05) is 32.1 Å². The molecule has 0 aromatic heterocycles. The average molecular weight is 341 g/mol. The molecule has 0 spiro atoms. The Balaban J connectivity index is 1.33. The summed E-state index contributed by atoms with van der Waals surface area (Å²) in [5.74, 6) is 0.962. The van der Waals surface area contributed by atoms with Gasteiger partial charge in [-0.1, -0.05) is 37.6 Å². The number of hydrogen-bond acceptors (Lipinski definition) is 2. The molecule has 1 saturated carbocycles. The van der Waals surface area contributed by atoms with Crippen LogP contribution in [0.4, 0.5) is 4.79 Å². The van der Waals surface area contributed by atoms with E-state index in [0.717, 1.165) is 19.3 Å². The van der Waals surface area contributed by atoms with Gasteiger partial charge in [-0.25, -0.2) is 4.79 Å². The van der Waals surface area contributed by atoms with Crippen LogP contribution in [-0.2, 0) is 11.2 Å². The van der Waals surface area contributed by atoms with E-state index in [1.165, 1.54) is 17.5 Å². The molecule has 3 amide bonds. The van der Waals surface area contributed by atoms with E-state index in [0.29, 0.717) is 38.0 Å². The van der Waals surface area contributed by atoms with Gasteiger partial charge in [0.05, 0.1) is 6.04 Å². The Morgan fingerprint density at radius 1 is 1.04 bits per heavy atom. The molecule has 134 valence electrons. The van der Waals surface area contributed by atoms with Crippen molar-refractivity contribution in [2.75, 3.05) is 26.2 Å². The zero-order chi connectivity index (χ0) is 17.4. The minimum Gasteiger partial charge on any atom is -0.339 e. The molecular formula is C20H27N3O2. The van der Waals surface area contributed by atoms with Gasteiger partial charge in [0.2, 0.25) is 5.91 Å². The maximum Gasteiger partial charge on any atom is 0.318 e. The first-order valence-corrected chi connectivity index (χ1v) is 9.55. The molecule has 1 N–H and O–H groups in total. The lowest BCUT2D eigenvalue weighted by Crippen LogP contribution is -2.55. The van der Waals surface area contributed by atoms with E-state index in [9.17, 15) is 9.59 Å². The Bertz CT molecular complexity index is 663. The third kappa shape index (κ3) is 3.12. The third-order valence-electron chi connectivity index (χ3n) is 6.11. The van der Waals surface area contributed by atoms with Crippen molar-refractivity contribution in [3.63, 3.8) is 0 Å². The number of urea groups is 1. The molecule has 3 aliphatic rings. The highest BCUT2D eigenvalue weighted by Gasteiger charge is 2.34. The molecule has 2 atom stereocenters. The summed E-state index contributed by atoms with van der Waals surface area (Å²) in [4.78, 5) is 28.8. The molecule has 1 aliphatic heterocycles. The average Bonchev–Trinajstić information content (AvgIpc) is 2.89. The molecule has 2 aliphatic carbocycles. The van der Waals surface area contributed by atoms with E-state index < -0.39 is 0 Å². The van der Waals surface area contributed by atoms with Crippen molar-refractivity contribution in [1.29, 1.82) is 0 Å². The molecule has 0 unspecified atom stereocenters. The van der Waals surface area contributed by atoms with Crippen molar-refractivity contribution < 1.29 is 9.59 Å². The zero-order valence-corrected chi connectivity index (χ0v) is 14.9. The highest BCUT2D eigenvalue weighted by Crippen LogP contribution is 2.35. The van der Waals surface area contributed by atoms with Gasteiger partial charge in [0.15, 0.2) is 0 Å². The highest BCUT2D eigenvalue weighted by atomic mass is 16.2. The van der Waals surface area contributed by atoms with Crippen LogP contribution in [0.25, 0.3) is 0 Å². The number of amides is 3. The van der Waals surface area contributed by atoms with Crippen molar-refractivity contribution in [2.45, 2.75) is 38.6 Å². The second kappa shape index (κ2) is 6.70. The second-order valence-corrected chi connectivity index (χ2v) is 7.75. The van der Waals surface area contributed by atoms with E-state index in [2.05, 4.69) is 30.4 Å². The molecule has 1 heterocycles. The Morgan fingerprint density at radius 3 is 2.40 bits per heavy atom. The van der Waals surface area contributed by atoms with Gasteiger partial charge in [-0.2, -0.15) is 0 Å². The van der Waals surface area contributed by atoms with Gasteiger partial charge in [-0.3, -0.25) is 4.79 Å². The van der Waals surface area contributed by atoms with E-state index in [-0.39, 0.29) is 18.0 Å². The number of carbonyl (C=O) groups excluding carboxylic acids is 2. The van der Waals surface area contributed by atoms with Crippen LogP contribution in [0.3, 0.4) is 0 Å². The number of hydrogen-bond donors (Lipinski definition) is 1. The smallest absolute Gasteiger partial charge is 0.318 e. The lowest BCUT2D eigenvalue weighted by molar-refractivity contribution is -0.139. The van der Waals surface area contributed by atoms with Crippen LogP contribution in [0.2, 0.25) is 0 Å². The van der Waals surface area contributed by atoms with E-state index in [1.54, 1.807) is 0 Å². The largest absolute Gasteiger partial charge is 0.339 e. The fourth-order valence-electron chi connectivity index (χ4n) is 4.28. The summed E-state index contributed by atoms with van der Waals surface area (Å²) >= 11 is 0. The maximum absolute atomic E-state index is 12.7. The monoisotopic (exact) mass is 341 g/mol. The lowest BCUT2D eigenvalue weighted by atomic mass is 9.84. The van der Waals surface area contributed by atoms with Crippen LogP contribution in [0, 0.1) is 11.8 Å². The molecule has 5 nitrogen and oxygen atoms in total. The standard InChI is InChI=1S/C20H27N3O2/c1-14-13-16-5-2-3-8-17(16)18(14)21-20(25)23-11-9-22(10-12-23)19(24)15-6-4-7-15/h2-3,5,8,14-15,18H,4,6-7,9-13H2,1H3,(H,21,25)/t14-,18+/m1/s1. The van der Waals surface area contributed by atoms with Crippen molar-refractivity contribution in [1.82, 2.24) is 15.1 Å². The summed E-state index contributed by atoms with van der Waals surface area (Å²) in [6.07, 6.45) is 4.28. The number of rotatable bonds is 2. The fraction of sp³-hybridized carbons (Fsp3) is 0.600. The molecule has 5 heteroatoms. The number of fused-ring (bicyclic) bond motifs is 1. The van der Waals surface area contributed by atoms with Crippen LogP contribution in [0.1, 0.15) is 43.4 Å². The van der Waals surface area contributed by atoms with Gasteiger partial charge in [-0.15, -0.1) is 0 Å². The predicted molar refractivity (Wildman–Crippen MR) is 96.1 cm³/mol. The number of benzene rings is 1. The van der Waals surface area contributed by atoms with Crippen LogP contribution < -0.4 is 5.32 Å². The molecule has 1 aromatic carbocycles. The summed E-state index contributed by atoms with van der Waals surface area (Å²) in [5, 5.41) is 3.23. The van der Waals surface area contributed by atoms with E-state index in [1.807, 2.05) is 15.9 Å². The van der Waals surface area contributed by atoms with E-state index in [4.69, 9.17) is 0 Å². The normalized spacial score (nSPS) is 26.1. The van der Waals surface area contributed by atoms with Gasteiger partial charge >= 0.3 is 6.03 Å². The molecule has 2 fully saturated rings. The first kappa shape index (κ1) is 16.4. The SMILES string of the molecule is C[C@@H]1Cc2ccccc2[C@H]1NC(=O)N1CCN(C(=O)C2CCC2)CC1. The predicted octanol–water partition coefficient (Wildman–Crippen LogP) is 2.57. The first-order valence-electron chi connectivity index (χ1n) is 9.55. The van der Waals surface area contributed by atoms with Crippen molar-refractivity contribution in [3.8, 4) is 0 Å². The summed E-state index contributed by atoms with van der Waals surface area (Å²) in [6, 6.07) is 8.49. The highest BCUT2D eigenvalue weighted by molar-refractivity contribution is 5.80. The van der Waals surface area contributed by atoms with Gasteiger partial charge in [0.1, 0.15) is 0 Å². The Kier molecular flexibility index (Phi) is 4.40. The molecule has 25 heavy (non-hydrogen) atoms. The van der Waals surface area contributed by atoms with Crippen LogP contribution in [0.15, 0.2) is 24.3 Å². The van der Waals surface area contributed by atoms with E-state index >= 15 is 0 Å².